The zero-order chi connectivity index (χ0) is 10.7. The lowest BCUT2D eigenvalue weighted by atomic mass is 10.1. The number of benzene rings is 1. The van der Waals surface area contributed by atoms with Crippen LogP contribution in [0.1, 0.15) is 24.0 Å². The Kier molecular flexibility index (Phi) is 3.03. The topological polar surface area (TPSA) is 27.0 Å². The van der Waals surface area contributed by atoms with Crippen LogP contribution in [0.3, 0.4) is 0 Å². The minimum absolute atomic E-state index is 0.806. The summed E-state index contributed by atoms with van der Waals surface area (Å²) in [6.07, 6.45) is 2.76. The van der Waals surface area contributed by atoms with Crippen LogP contribution in [0.4, 0.5) is 0 Å². The quantitative estimate of drug-likeness (QED) is 0.746. The molecule has 1 fully saturated rings. The molecule has 0 saturated heterocycles. The number of hydrogen-bond donors (Lipinski definition) is 0. The van der Waals surface area contributed by atoms with Crippen LogP contribution in [-0.2, 0) is 6.54 Å². The monoisotopic (exact) mass is 200 g/mol. The maximum atomic E-state index is 8.96. The largest absolute Gasteiger partial charge is 0.302 e. The lowest BCUT2D eigenvalue weighted by molar-refractivity contribution is 0.313. The van der Waals surface area contributed by atoms with Gasteiger partial charge in [-0.15, -0.1) is 0 Å². The van der Waals surface area contributed by atoms with Crippen LogP contribution in [0.25, 0.3) is 0 Å². The molecule has 0 amide bonds. The predicted molar refractivity (Wildman–Crippen MR) is 60.2 cm³/mol. The van der Waals surface area contributed by atoms with E-state index in [0.717, 1.165) is 23.6 Å². The highest BCUT2D eigenvalue weighted by atomic mass is 15.1. The van der Waals surface area contributed by atoms with Gasteiger partial charge in [-0.05, 0) is 37.4 Å². The molecule has 1 aliphatic carbocycles. The van der Waals surface area contributed by atoms with Crippen LogP contribution < -0.4 is 0 Å². The van der Waals surface area contributed by atoms with E-state index >= 15 is 0 Å². The van der Waals surface area contributed by atoms with Gasteiger partial charge in [0.15, 0.2) is 0 Å². The maximum Gasteiger partial charge on any atom is 0.0995 e. The molecule has 2 heteroatoms. The summed E-state index contributed by atoms with van der Waals surface area (Å²) >= 11 is 0. The molecule has 0 N–H and O–H groups in total. The second kappa shape index (κ2) is 4.46. The van der Waals surface area contributed by atoms with Crippen LogP contribution >= 0.6 is 0 Å². The molecule has 1 aromatic rings. The van der Waals surface area contributed by atoms with E-state index in [4.69, 9.17) is 5.26 Å². The van der Waals surface area contributed by atoms with Crippen LogP contribution in [0, 0.1) is 17.2 Å². The molecule has 0 aromatic heterocycles. The van der Waals surface area contributed by atoms with Crippen molar-refractivity contribution < 1.29 is 0 Å². The van der Waals surface area contributed by atoms with Crippen LogP contribution in [0.5, 0.6) is 0 Å². The van der Waals surface area contributed by atoms with Gasteiger partial charge in [0.2, 0.25) is 0 Å². The van der Waals surface area contributed by atoms with Gasteiger partial charge in [-0.25, -0.2) is 0 Å². The summed E-state index contributed by atoms with van der Waals surface area (Å²) in [5.41, 5.74) is 1.95. The third kappa shape index (κ3) is 2.81. The van der Waals surface area contributed by atoms with Gasteiger partial charge in [0.05, 0.1) is 11.6 Å². The van der Waals surface area contributed by atoms with E-state index in [2.05, 4.69) is 18.0 Å². The fraction of sp³-hybridized carbons (Fsp3) is 0.462. The molecule has 15 heavy (non-hydrogen) atoms. The molecule has 0 unspecified atom stereocenters. The van der Waals surface area contributed by atoms with Crippen molar-refractivity contribution in [3.8, 4) is 6.07 Å². The van der Waals surface area contributed by atoms with E-state index < -0.39 is 0 Å². The fourth-order valence-electron chi connectivity index (χ4n) is 1.86. The SMILES string of the molecule is CN(Cc1ccccc1C#N)CC1CC1. The third-order valence-electron chi connectivity index (χ3n) is 2.84. The van der Waals surface area contributed by atoms with E-state index in [9.17, 15) is 0 Å². The van der Waals surface area contributed by atoms with Gasteiger partial charge in [-0.2, -0.15) is 5.26 Å². The molecule has 0 aliphatic heterocycles. The Labute approximate surface area is 91.1 Å². The van der Waals surface area contributed by atoms with Gasteiger partial charge in [0, 0.05) is 13.1 Å². The van der Waals surface area contributed by atoms with Gasteiger partial charge in [0.1, 0.15) is 0 Å². The number of nitriles is 1. The van der Waals surface area contributed by atoms with Crippen molar-refractivity contribution in [2.75, 3.05) is 13.6 Å². The summed E-state index contributed by atoms with van der Waals surface area (Å²) in [5, 5.41) is 8.96. The summed E-state index contributed by atoms with van der Waals surface area (Å²) in [6.45, 7) is 2.06. The molecule has 0 spiro atoms. The van der Waals surface area contributed by atoms with Crippen molar-refractivity contribution in [2.45, 2.75) is 19.4 Å². The van der Waals surface area contributed by atoms with E-state index in [1.165, 1.54) is 19.4 Å². The van der Waals surface area contributed by atoms with Gasteiger partial charge >= 0.3 is 0 Å². The van der Waals surface area contributed by atoms with E-state index in [-0.39, 0.29) is 0 Å². The number of hydrogen-bond acceptors (Lipinski definition) is 2. The highest BCUT2D eigenvalue weighted by Gasteiger charge is 2.22. The summed E-state index contributed by atoms with van der Waals surface area (Å²) in [4.78, 5) is 2.31. The Bertz CT molecular complexity index is 374. The second-order valence-electron chi connectivity index (χ2n) is 4.41. The van der Waals surface area contributed by atoms with Gasteiger partial charge in [-0.3, -0.25) is 0 Å². The van der Waals surface area contributed by atoms with Crippen molar-refractivity contribution in [3.63, 3.8) is 0 Å². The van der Waals surface area contributed by atoms with Crippen LogP contribution in [0.2, 0.25) is 0 Å². The summed E-state index contributed by atoms with van der Waals surface area (Å²) in [5.74, 6) is 0.907. The first kappa shape index (κ1) is 10.2. The number of rotatable bonds is 4. The Morgan fingerprint density at radius 3 is 2.80 bits per heavy atom. The molecule has 0 radical (unpaired) electrons. The smallest absolute Gasteiger partial charge is 0.0995 e. The lowest BCUT2D eigenvalue weighted by Gasteiger charge is -2.16. The molecular formula is C13H16N2. The standard InChI is InChI=1S/C13H16N2/c1-15(9-11-6-7-11)10-13-5-3-2-4-12(13)8-14/h2-5,11H,6-7,9-10H2,1H3. The van der Waals surface area contributed by atoms with Crippen molar-refractivity contribution in [3.05, 3.63) is 35.4 Å². The molecule has 78 valence electrons. The zero-order valence-electron chi connectivity index (χ0n) is 9.11. The molecule has 0 atom stereocenters. The Morgan fingerprint density at radius 1 is 1.40 bits per heavy atom. The fourth-order valence-corrected chi connectivity index (χ4v) is 1.86. The highest BCUT2D eigenvalue weighted by molar-refractivity contribution is 5.37. The molecular weight excluding hydrogens is 184 g/mol. The van der Waals surface area contributed by atoms with E-state index in [0.29, 0.717) is 0 Å². The van der Waals surface area contributed by atoms with Gasteiger partial charge in [-0.1, -0.05) is 18.2 Å². The molecule has 1 aliphatic rings. The summed E-state index contributed by atoms with van der Waals surface area (Å²) in [6, 6.07) is 10.1. The average molecular weight is 200 g/mol. The van der Waals surface area contributed by atoms with Crippen molar-refractivity contribution in [2.24, 2.45) is 5.92 Å². The summed E-state index contributed by atoms with van der Waals surface area (Å²) in [7, 11) is 2.13. The third-order valence-corrected chi connectivity index (χ3v) is 2.84. The zero-order valence-corrected chi connectivity index (χ0v) is 9.11. The Hall–Kier alpha value is -1.33. The predicted octanol–water partition coefficient (Wildman–Crippen LogP) is 2.40. The minimum atomic E-state index is 0.806. The van der Waals surface area contributed by atoms with Crippen molar-refractivity contribution >= 4 is 0 Å². The van der Waals surface area contributed by atoms with Gasteiger partial charge < -0.3 is 4.90 Å². The molecule has 2 nitrogen and oxygen atoms in total. The van der Waals surface area contributed by atoms with E-state index in [1.807, 2.05) is 24.3 Å². The minimum Gasteiger partial charge on any atom is -0.302 e. The molecule has 0 bridgehead atoms. The molecule has 0 heterocycles. The lowest BCUT2D eigenvalue weighted by Crippen LogP contribution is -2.20. The van der Waals surface area contributed by atoms with Crippen molar-refractivity contribution in [1.29, 1.82) is 5.26 Å². The first-order valence-corrected chi connectivity index (χ1v) is 5.46. The maximum absolute atomic E-state index is 8.96. The molecule has 1 saturated carbocycles. The van der Waals surface area contributed by atoms with Gasteiger partial charge in [0.25, 0.3) is 0 Å². The van der Waals surface area contributed by atoms with E-state index in [1.54, 1.807) is 0 Å². The highest BCUT2D eigenvalue weighted by Crippen LogP contribution is 2.29. The van der Waals surface area contributed by atoms with Crippen molar-refractivity contribution in [1.82, 2.24) is 4.90 Å². The molecule has 2 rings (SSSR count). The first-order chi connectivity index (χ1) is 7.29. The normalized spacial score (nSPS) is 15.3. The molecule has 1 aromatic carbocycles. The second-order valence-corrected chi connectivity index (χ2v) is 4.41. The Morgan fingerprint density at radius 2 is 2.13 bits per heavy atom. The summed E-state index contributed by atoms with van der Waals surface area (Å²) < 4.78 is 0. The Balaban J connectivity index is 1.99. The van der Waals surface area contributed by atoms with Crippen LogP contribution in [-0.4, -0.2) is 18.5 Å². The first-order valence-electron chi connectivity index (χ1n) is 5.46. The average Bonchev–Trinajstić information content (AvgIpc) is 3.02. The van der Waals surface area contributed by atoms with Crippen LogP contribution in [0.15, 0.2) is 24.3 Å². The number of nitrogens with zero attached hydrogens (tertiary/aromatic N) is 2.